The van der Waals surface area contributed by atoms with Gasteiger partial charge in [-0.25, -0.2) is 15.8 Å². The molecule has 0 amide bonds. The molecule has 0 spiro atoms. The first-order valence-electron chi connectivity index (χ1n) is 6.28. The lowest BCUT2D eigenvalue weighted by molar-refractivity contribution is 0.451. The van der Waals surface area contributed by atoms with Crippen LogP contribution in [0.2, 0.25) is 5.02 Å². The topological polar surface area (TPSA) is 73.1 Å². The van der Waals surface area contributed by atoms with Crippen molar-refractivity contribution in [2.75, 3.05) is 5.43 Å². The molecule has 0 radical (unpaired) electrons. The van der Waals surface area contributed by atoms with Crippen LogP contribution >= 0.6 is 11.6 Å². The zero-order valence-corrected chi connectivity index (χ0v) is 12.4. The molecule has 2 aromatic rings. The third kappa shape index (κ3) is 3.00. The van der Waals surface area contributed by atoms with Gasteiger partial charge in [-0.05, 0) is 36.6 Å². The highest BCUT2D eigenvalue weighted by molar-refractivity contribution is 6.31. The Labute approximate surface area is 123 Å². The average Bonchev–Trinajstić information content (AvgIpc) is 2.42. The van der Waals surface area contributed by atoms with E-state index in [0.717, 1.165) is 11.1 Å². The molecule has 0 unspecified atom stereocenters. The highest BCUT2D eigenvalue weighted by Crippen LogP contribution is 2.33. The van der Waals surface area contributed by atoms with E-state index in [-0.39, 0.29) is 5.92 Å². The van der Waals surface area contributed by atoms with Crippen LogP contribution in [0, 0.1) is 6.92 Å². The van der Waals surface area contributed by atoms with Gasteiger partial charge in [0.15, 0.2) is 5.82 Å². The lowest BCUT2D eigenvalue weighted by Gasteiger charge is -2.15. The van der Waals surface area contributed by atoms with E-state index < -0.39 is 0 Å². The number of hydrogen-bond acceptors (Lipinski definition) is 5. The van der Waals surface area contributed by atoms with E-state index >= 15 is 0 Å². The number of hydrazine groups is 1. The Kier molecular flexibility index (Phi) is 4.42. The van der Waals surface area contributed by atoms with Crippen LogP contribution in [-0.4, -0.2) is 9.97 Å². The number of nitrogens with zero attached hydrogens (tertiary/aromatic N) is 2. The lowest BCUT2D eigenvalue weighted by Crippen LogP contribution is -2.13. The van der Waals surface area contributed by atoms with E-state index in [0.29, 0.717) is 22.5 Å². The van der Waals surface area contributed by atoms with Crippen molar-refractivity contribution in [2.45, 2.75) is 26.7 Å². The largest absolute Gasteiger partial charge is 0.439 e. The summed E-state index contributed by atoms with van der Waals surface area (Å²) in [5, 5.41) is 0.702. The van der Waals surface area contributed by atoms with E-state index in [1.54, 1.807) is 12.1 Å². The van der Waals surface area contributed by atoms with Crippen molar-refractivity contribution in [3.63, 3.8) is 0 Å². The Morgan fingerprint density at radius 2 is 2.05 bits per heavy atom. The van der Waals surface area contributed by atoms with Crippen LogP contribution in [0.1, 0.15) is 30.9 Å². The van der Waals surface area contributed by atoms with Crippen LogP contribution in [0.3, 0.4) is 0 Å². The van der Waals surface area contributed by atoms with Crippen molar-refractivity contribution in [2.24, 2.45) is 5.84 Å². The third-order valence-corrected chi connectivity index (χ3v) is 3.33. The number of nitrogens with two attached hydrogens (primary N) is 1. The Morgan fingerprint density at radius 1 is 1.30 bits per heavy atom. The summed E-state index contributed by atoms with van der Waals surface area (Å²) in [6.07, 6.45) is 1.42. The second kappa shape index (κ2) is 6.07. The van der Waals surface area contributed by atoms with Gasteiger partial charge in [0.1, 0.15) is 12.1 Å². The molecular weight excluding hydrogens is 276 g/mol. The highest BCUT2D eigenvalue weighted by Gasteiger charge is 2.16. The fraction of sp³-hybridized carbons (Fsp3) is 0.286. The standard InChI is InChI=1S/C14H17ClN4O/c1-8(2)12-13(19-16)17-7-18-14(12)20-10-4-5-11(15)9(3)6-10/h4-8H,16H2,1-3H3,(H,17,18,19). The Hall–Kier alpha value is -1.85. The zero-order valence-electron chi connectivity index (χ0n) is 11.6. The molecule has 0 bridgehead atoms. The first-order valence-corrected chi connectivity index (χ1v) is 6.66. The number of ether oxygens (including phenoxy) is 1. The summed E-state index contributed by atoms with van der Waals surface area (Å²) >= 11 is 6.01. The maximum absolute atomic E-state index is 6.01. The van der Waals surface area contributed by atoms with Crippen LogP contribution in [0.25, 0.3) is 0 Å². The van der Waals surface area contributed by atoms with Crippen molar-refractivity contribution in [3.8, 4) is 11.6 Å². The van der Waals surface area contributed by atoms with Gasteiger partial charge in [0.05, 0.1) is 5.56 Å². The van der Waals surface area contributed by atoms with Crippen LogP contribution in [0.5, 0.6) is 11.6 Å². The molecule has 0 fully saturated rings. The Bertz CT molecular complexity index is 616. The van der Waals surface area contributed by atoms with E-state index in [4.69, 9.17) is 22.2 Å². The van der Waals surface area contributed by atoms with Gasteiger partial charge in [-0.3, -0.25) is 0 Å². The van der Waals surface area contributed by atoms with Gasteiger partial charge < -0.3 is 10.2 Å². The number of aryl methyl sites for hydroxylation is 1. The number of benzene rings is 1. The quantitative estimate of drug-likeness (QED) is 0.665. The predicted octanol–water partition coefficient (Wildman–Crippen LogP) is 3.64. The van der Waals surface area contributed by atoms with Crippen molar-refractivity contribution in [1.29, 1.82) is 0 Å². The van der Waals surface area contributed by atoms with Crippen molar-refractivity contribution >= 4 is 17.4 Å². The molecule has 5 nitrogen and oxygen atoms in total. The van der Waals surface area contributed by atoms with Gasteiger partial charge in [-0.1, -0.05) is 25.4 Å². The van der Waals surface area contributed by atoms with Gasteiger partial charge in [0.2, 0.25) is 5.88 Å². The molecule has 0 aliphatic rings. The average molecular weight is 293 g/mol. The SMILES string of the molecule is Cc1cc(Oc2ncnc(NN)c2C(C)C)ccc1Cl. The van der Waals surface area contributed by atoms with Gasteiger partial charge in [-0.15, -0.1) is 0 Å². The number of halogens is 1. The first kappa shape index (κ1) is 14.6. The molecule has 0 saturated carbocycles. The van der Waals surface area contributed by atoms with Crippen LogP contribution in [0.4, 0.5) is 5.82 Å². The van der Waals surface area contributed by atoms with Gasteiger partial charge in [0.25, 0.3) is 0 Å². The number of rotatable bonds is 4. The fourth-order valence-corrected chi connectivity index (χ4v) is 2.01. The molecule has 0 aliphatic heterocycles. The minimum atomic E-state index is 0.172. The van der Waals surface area contributed by atoms with Crippen molar-refractivity contribution in [3.05, 3.63) is 40.7 Å². The summed E-state index contributed by atoms with van der Waals surface area (Å²) in [7, 11) is 0. The Balaban J connectivity index is 2.40. The van der Waals surface area contributed by atoms with E-state index in [9.17, 15) is 0 Å². The Morgan fingerprint density at radius 3 is 2.65 bits per heavy atom. The number of nitrogens with one attached hydrogen (secondary N) is 1. The summed E-state index contributed by atoms with van der Waals surface area (Å²) in [4.78, 5) is 8.30. The number of aromatic nitrogens is 2. The second-order valence-corrected chi connectivity index (χ2v) is 5.16. The van der Waals surface area contributed by atoms with E-state index in [1.807, 2.05) is 26.8 Å². The zero-order chi connectivity index (χ0) is 14.7. The number of nitrogen functional groups attached to an aromatic ring is 1. The summed E-state index contributed by atoms with van der Waals surface area (Å²) in [5.41, 5.74) is 4.35. The summed E-state index contributed by atoms with van der Waals surface area (Å²) in [6, 6.07) is 5.46. The molecule has 106 valence electrons. The van der Waals surface area contributed by atoms with Crippen LogP contribution in [0.15, 0.2) is 24.5 Å². The highest BCUT2D eigenvalue weighted by atomic mass is 35.5. The van der Waals surface area contributed by atoms with Crippen molar-refractivity contribution < 1.29 is 4.74 Å². The van der Waals surface area contributed by atoms with Gasteiger partial charge >= 0.3 is 0 Å². The van der Waals surface area contributed by atoms with E-state index in [1.165, 1.54) is 6.33 Å². The summed E-state index contributed by atoms with van der Waals surface area (Å²) < 4.78 is 5.84. The summed E-state index contributed by atoms with van der Waals surface area (Å²) in [6.45, 7) is 5.98. The molecule has 1 heterocycles. The molecule has 1 aromatic heterocycles. The van der Waals surface area contributed by atoms with Crippen LogP contribution < -0.4 is 16.0 Å². The molecule has 20 heavy (non-hydrogen) atoms. The van der Waals surface area contributed by atoms with Crippen molar-refractivity contribution in [1.82, 2.24) is 9.97 Å². The van der Waals surface area contributed by atoms with Crippen LogP contribution in [-0.2, 0) is 0 Å². The smallest absolute Gasteiger partial charge is 0.227 e. The predicted molar refractivity (Wildman–Crippen MR) is 80.2 cm³/mol. The van der Waals surface area contributed by atoms with Gasteiger partial charge in [-0.2, -0.15) is 0 Å². The second-order valence-electron chi connectivity index (χ2n) is 4.75. The monoisotopic (exact) mass is 292 g/mol. The maximum atomic E-state index is 6.01. The molecule has 2 rings (SSSR count). The molecule has 0 saturated heterocycles. The maximum Gasteiger partial charge on any atom is 0.227 e. The minimum Gasteiger partial charge on any atom is -0.439 e. The molecule has 6 heteroatoms. The van der Waals surface area contributed by atoms with Gasteiger partial charge in [0, 0.05) is 5.02 Å². The molecule has 3 N–H and O–H groups in total. The number of hydrogen-bond donors (Lipinski definition) is 2. The third-order valence-electron chi connectivity index (χ3n) is 2.91. The minimum absolute atomic E-state index is 0.172. The summed E-state index contributed by atoms with van der Waals surface area (Å²) in [5.74, 6) is 7.39. The first-order chi connectivity index (χ1) is 9.52. The van der Waals surface area contributed by atoms with E-state index in [2.05, 4.69) is 15.4 Å². The lowest BCUT2D eigenvalue weighted by atomic mass is 10.1. The molecule has 0 aliphatic carbocycles. The molecule has 0 atom stereocenters. The normalized spacial score (nSPS) is 10.7. The molecule has 1 aromatic carbocycles. The fourth-order valence-electron chi connectivity index (χ4n) is 1.89. The molecular formula is C14H17ClN4O. The number of anilines is 1.